The number of hydrogen-bond acceptors (Lipinski definition) is 5. The van der Waals surface area contributed by atoms with Gasteiger partial charge in [-0.3, -0.25) is 4.79 Å². The highest BCUT2D eigenvalue weighted by atomic mass is 32.2. The molecule has 0 bridgehead atoms. The minimum absolute atomic E-state index is 0.0107. The van der Waals surface area contributed by atoms with Crippen LogP contribution in [0.3, 0.4) is 0 Å². The maximum atomic E-state index is 12.6. The topological polar surface area (TPSA) is 84.5 Å². The number of sulfone groups is 1. The number of anilines is 1. The summed E-state index contributed by atoms with van der Waals surface area (Å²) in [6.07, 6.45) is -0.0237. The first-order chi connectivity index (χ1) is 10.7. The molecule has 0 unspecified atom stereocenters. The molecule has 0 radical (unpaired) electrons. The van der Waals surface area contributed by atoms with Crippen molar-refractivity contribution in [2.75, 3.05) is 32.1 Å². The van der Waals surface area contributed by atoms with Crippen molar-refractivity contribution in [2.45, 2.75) is 16.8 Å². The molecular formula is C13H17F3N2O4S. The van der Waals surface area contributed by atoms with Crippen molar-refractivity contribution >= 4 is 21.4 Å². The monoisotopic (exact) mass is 354 g/mol. The molecule has 1 rings (SSSR count). The first kappa shape index (κ1) is 19.2. The molecule has 23 heavy (non-hydrogen) atoms. The van der Waals surface area contributed by atoms with Crippen LogP contribution in [0.5, 0.6) is 0 Å². The lowest BCUT2D eigenvalue weighted by atomic mass is 10.3. The van der Waals surface area contributed by atoms with Gasteiger partial charge in [-0.2, -0.15) is 13.2 Å². The van der Waals surface area contributed by atoms with Crippen molar-refractivity contribution in [2.24, 2.45) is 0 Å². The van der Waals surface area contributed by atoms with Gasteiger partial charge in [0.15, 0.2) is 0 Å². The highest BCUT2D eigenvalue weighted by Gasteiger charge is 2.47. The molecule has 10 heteroatoms. The standard InChI is InChI=1S/C13H17F3N2O4S/c1-22-9-8-18-12(19)6-7-17-10-4-2-3-5-11(10)23(20,21)13(14,15)16/h2-5,17H,6-9H2,1H3,(H,18,19). The normalized spacial score (nSPS) is 12.0. The number of methoxy groups -OCH3 is 1. The van der Waals surface area contributed by atoms with Gasteiger partial charge in [-0.05, 0) is 12.1 Å². The van der Waals surface area contributed by atoms with E-state index in [-0.39, 0.29) is 24.6 Å². The molecule has 0 aromatic heterocycles. The van der Waals surface area contributed by atoms with E-state index in [1.54, 1.807) is 0 Å². The van der Waals surface area contributed by atoms with Gasteiger partial charge in [0.1, 0.15) is 0 Å². The second-order valence-electron chi connectivity index (χ2n) is 4.46. The number of alkyl halides is 3. The summed E-state index contributed by atoms with van der Waals surface area (Å²) in [5, 5.41) is 5.08. The van der Waals surface area contributed by atoms with Gasteiger partial charge < -0.3 is 15.4 Å². The molecule has 0 aliphatic carbocycles. The summed E-state index contributed by atoms with van der Waals surface area (Å²) in [6.45, 7) is 0.642. The van der Waals surface area contributed by atoms with Crippen LogP contribution in [0.25, 0.3) is 0 Å². The number of ether oxygens (including phenoxy) is 1. The number of halogens is 3. The largest absolute Gasteiger partial charge is 0.501 e. The Morgan fingerprint density at radius 1 is 1.22 bits per heavy atom. The van der Waals surface area contributed by atoms with Crippen molar-refractivity contribution < 1.29 is 31.1 Å². The van der Waals surface area contributed by atoms with Gasteiger partial charge in [-0.15, -0.1) is 0 Å². The van der Waals surface area contributed by atoms with E-state index in [4.69, 9.17) is 4.74 Å². The Morgan fingerprint density at radius 2 is 1.87 bits per heavy atom. The second kappa shape index (κ2) is 8.16. The summed E-state index contributed by atoms with van der Waals surface area (Å²) >= 11 is 0. The van der Waals surface area contributed by atoms with Crippen LogP contribution in [-0.4, -0.2) is 46.6 Å². The molecular weight excluding hydrogens is 337 g/mol. The summed E-state index contributed by atoms with van der Waals surface area (Å²) in [4.78, 5) is 10.6. The molecule has 0 saturated carbocycles. The number of nitrogens with one attached hydrogen (secondary N) is 2. The van der Waals surface area contributed by atoms with Crippen LogP contribution in [0.15, 0.2) is 29.2 Å². The van der Waals surface area contributed by atoms with Crippen molar-refractivity contribution in [3.05, 3.63) is 24.3 Å². The van der Waals surface area contributed by atoms with E-state index < -0.39 is 20.2 Å². The van der Waals surface area contributed by atoms with E-state index in [2.05, 4.69) is 10.6 Å². The Balaban J connectivity index is 2.71. The number of benzene rings is 1. The average Bonchev–Trinajstić information content (AvgIpc) is 2.47. The Hall–Kier alpha value is -1.81. The summed E-state index contributed by atoms with van der Waals surface area (Å²) < 4.78 is 65.6. The molecule has 0 atom stereocenters. The predicted octanol–water partition coefficient (Wildman–Crippen LogP) is 1.54. The molecule has 130 valence electrons. The molecule has 0 aliphatic rings. The van der Waals surface area contributed by atoms with E-state index >= 15 is 0 Å². The minimum Gasteiger partial charge on any atom is -0.383 e. The number of carbonyl (C=O) groups is 1. The van der Waals surface area contributed by atoms with Crippen LogP contribution < -0.4 is 10.6 Å². The highest BCUT2D eigenvalue weighted by Crippen LogP contribution is 2.34. The molecule has 0 aliphatic heterocycles. The van der Waals surface area contributed by atoms with Crippen LogP contribution in [0.4, 0.5) is 18.9 Å². The van der Waals surface area contributed by atoms with E-state index in [1.807, 2.05) is 0 Å². The third kappa shape index (κ3) is 5.39. The third-order valence-electron chi connectivity index (χ3n) is 2.78. The van der Waals surface area contributed by atoms with Gasteiger partial charge in [-0.25, -0.2) is 8.42 Å². The van der Waals surface area contributed by atoms with Gasteiger partial charge in [0, 0.05) is 26.6 Å². The summed E-state index contributed by atoms with van der Waals surface area (Å²) in [7, 11) is -3.98. The van der Waals surface area contributed by atoms with Gasteiger partial charge in [0.25, 0.3) is 9.84 Å². The maximum Gasteiger partial charge on any atom is 0.501 e. The highest BCUT2D eigenvalue weighted by molar-refractivity contribution is 7.92. The zero-order valence-electron chi connectivity index (χ0n) is 12.3. The van der Waals surface area contributed by atoms with Gasteiger partial charge >= 0.3 is 5.51 Å². The molecule has 0 fully saturated rings. The Labute approximate surface area is 131 Å². The van der Waals surface area contributed by atoms with Gasteiger partial charge in [0.2, 0.25) is 5.91 Å². The van der Waals surface area contributed by atoms with Crippen LogP contribution in [0.2, 0.25) is 0 Å². The lowest BCUT2D eigenvalue weighted by Gasteiger charge is -2.14. The van der Waals surface area contributed by atoms with Crippen molar-refractivity contribution in [1.29, 1.82) is 0 Å². The quantitative estimate of drug-likeness (QED) is 0.692. The second-order valence-corrected chi connectivity index (χ2v) is 6.37. The zero-order valence-corrected chi connectivity index (χ0v) is 13.1. The molecule has 1 amide bonds. The number of carbonyl (C=O) groups excluding carboxylic acids is 1. The van der Waals surface area contributed by atoms with Gasteiger partial charge in [0.05, 0.1) is 17.2 Å². The van der Waals surface area contributed by atoms with Crippen molar-refractivity contribution in [1.82, 2.24) is 5.32 Å². The van der Waals surface area contributed by atoms with E-state index in [1.165, 1.54) is 25.3 Å². The first-order valence-corrected chi connectivity index (χ1v) is 8.08. The van der Waals surface area contributed by atoms with Crippen molar-refractivity contribution in [3.8, 4) is 0 Å². The maximum absolute atomic E-state index is 12.6. The van der Waals surface area contributed by atoms with Crippen molar-refractivity contribution in [3.63, 3.8) is 0 Å². The third-order valence-corrected chi connectivity index (χ3v) is 4.32. The number of amides is 1. The molecule has 2 N–H and O–H groups in total. The SMILES string of the molecule is COCCNC(=O)CCNc1ccccc1S(=O)(=O)C(F)(F)F. The fourth-order valence-electron chi connectivity index (χ4n) is 1.66. The van der Waals surface area contributed by atoms with Crippen LogP contribution in [0.1, 0.15) is 6.42 Å². The molecule has 0 spiro atoms. The van der Waals surface area contributed by atoms with Gasteiger partial charge in [-0.1, -0.05) is 12.1 Å². The van der Waals surface area contributed by atoms with E-state index in [0.29, 0.717) is 13.2 Å². The van der Waals surface area contributed by atoms with E-state index in [9.17, 15) is 26.4 Å². The summed E-state index contributed by atoms with van der Waals surface area (Å²) in [5.41, 5.74) is -5.59. The molecule has 1 aromatic rings. The molecule has 1 aromatic carbocycles. The zero-order chi connectivity index (χ0) is 17.5. The summed E-state index contributed by atoms with van der Waals surface area (Å²) in [5.74, 6) is -0.328. The van der Waals surface area contributed by atoms with Crippen LogP contribution in [-0.2, 0) is 19.4 Å². The Kier molecular flexibility index (Phi) is 6.82. The molecule has 0 saturated heterocycles. The smallest absolute Gasteiger partial charge is 0.383 e. The number of hydrogen-bond donors (Lipinski definition) is 2. The number of rotatable bonds is 8. The van der Waals surface area contributed by atoms with Crippen LogP contribution in [0, 0.1) is 0 Å². The van der Waals surface area contributed by atoms with Crippen LogP contribution >= 0.6 is 0 Å². The van der Waals surface area contributed by atoms with E-state index in [0.717, 1.165) is 6.07 Å². The average molecular weight is 354 g/mol. The Bertz CT molecular complexity index is 632. The predicted molar refractivity (Wildman–Crippen MR) is 77.7 cm³/mol. The fraction of sp³-hybridized carbons (Fsp3) is 0.462. The molecule has 6 nitrogen and oxygen atoms in total. The molecule has 0 heterocycles. The fourth-order valence-corrected chi connectivity index (χ4v) is 2.60. The number of para-hydroxylation sites is 1. The minimum atomic E-state index is -5.45. The lowest BCUT2D eigenvalue weighted by molar-refractivity contribution is -0.121. The Morgan fingerprint density at radius 3 is 2.48 bits per heavy atom. The first-order valence-electron chi connectivity index (χ1n) is 6.60. The lowest BCUT2D eigenvalue weighted by Crippen LogP contribution is -2.28. The summed E-state index contributed by atoms with van der Waals surface area (Å²) in [6, 6.07) is 4.67.